The van der Waals surface area contributed by atoms with Crippen LogP contribution in [-0.4, -0.2) is 30.9 Å². The van der Waals surface area contributed by atoms with Gasteiger partial charge in [-0.2, -0.15) is 0 Å². The van der Waals surface area contributed by atoms with Gasteiger partial charge in [0.05, 0.1) is 0 Å². The van der Waals surface area contributed by atoms with Crippen LogP contribution in [0.3, 0.4) is 0 Å². The molecule has 3 aromatic carbocycles. The van der Waals surface area contributed by atoms with Crippen molar-refractivity contribution in [2.24, 2.45) is 0 Å². The summed E-state index contributed by atoms with van der Waals surface area (Å²) in [6.45, 7) is 1.25. The Morgan fingerprint density at radius 2 is 1.66 bits per heavy atom. The molecule has 4 aromatic rings. The molecule has 0 saturated carbocycles. The van der Waals surface area contributed by atoms with Crippen LogP contribution in [0.15, 0.2) is 94.1 Å². The first-order chi connectivity index (χ1) is 15.2. The van der Waals surface area contributed by atoms with Crippen molar-refractivity contribution < 1.29 is 14.3 Å². The molecular weight excluding hydrogens is 426 g/mol. The fourth-order valence-corrected chi connectivity index (χ4v) is 3.43. The quantitative estimate of drug-likeness (QED) is 0.368. The van der Waals surface area contributed by atoms with E-state index in [1.54, 1.807) is 18.2 Å². The number of hydrogen-bond donors (Lipinski definition) is 2. The summed E-state index contributed by atoms with van der Waals surface area (Å²) in [5.74, 6) is 0.923. The molecule has 0 amide bonds. The summed E-state index contributed by atoms with van der Waals surface area (Å²) >= 11 is 0. The van der Waals surface area contributed by atoms with Crippen LogP contribution >= 0.6 is 12.4 Å². The highest BCUT2D eigenvalue weighted by atomic mass is 35.5. The maximum absolute atomic E-state index is 12.8. The molecule has 5 nitrogen and oxygen atoms in total. The van der Waals surface area contributed by atoms with Gasteiger partial charge in [0.15, 0.2) is 5.43 Å². The fraction of sp³-hybridized carbons (Fsp3) is 0.192. The molecule has 0 fully saturated rings. The van der Waals surface area contributed by atoms with Crippen molar-refractivity contribution in [2.45, 2.75) is 12.5 Å². The zero-order valence-corrected chi connectivity index (χ0v) is 18.4. The highest BCUT2D eigenvalue weighted by molar-refractivity contribution is 5.85. The fourth-order valence-electron chi connectivity index (χ4n) is 3.43. The van der Waals surface area contributed by atoms with Crippen molar-refractivity contribution in [1.82, 2.24) is 5.32 Å². The van der Waals surface area contributed by atoms with E-state index in [9.17, 15) is 9.90 Å². The van der Waals surface area contributed by atoms with Gasteiger partial charge in [-0.25, -0.2) is 0 Å². The molecule has 0 aliphatic carbocycles. The number of fused-ring (bicyclic) bond motifs is 1. The van der Waals surface area contributed by atoms with Gasteiger partial charge in [-0.15, -0.1) is 12.4 Å². The van der Waals surface area contributed by atoms with Crippen LogP contribution in [0.1, 0.15) is 5.56 Å². The molecule has 0 aliphatic rings. The van der Waals surface area contributed by atoms with Crippen LogP contribution in [0.4, 0.5) is 0 Å². The van der Waals surface area contributed by atoms with E-state index < -0.39 is 6.10 Å². The van der Waals surface area contributed by atoms with Gasteiger partial charge in [-0.05, 0) is 30.7 Å². The Balaban J connectivity index is 0.00000289. The van der Waals surface area contributed by atoms with Gasteiger partial charge in [-0.1, -0.05) is 66.7 Å². The van der Waals surface area contributed by atoms with Crippen LogP contribution < -0.4 is 15.5 Å². The third-order valence-corrected chi connectivity index (χ3v) is 5.02. The second-order valence-corrected chi connectivity index (χ2v) is 7.37. The zero-order valence-electron chi connectivity index (χ0n) is 17.6. The van der Waals surface area contributed by atoms with E-state index in [2.05, 4.69) is 17.4 Å². The second-order valence-electron chi connectivity index (χ2n) is 7.37. The predicted octanol–water partition coefficient (Wildman–Crippen LogP) is 4.45. The maximum atomic E-state index is 12.8. The Kier molecular flexibility index (Phi) is 8.45. The van der Waals surface area contributed by atoms with E-state index in [4.69, 9.17) is 9.15 Å². The first kappa shape index (κ1) is 23.5. The summed E-state index contributed by atoms with van der Waals surface area (Å²) in [5, 5.41) is 13.9. The molecule has 0 bridgehead atoms. The van der Waals surface area contributed by atoms with E-state index in [1.807, 2.05) is 48.5 Å². The number of ether oxygens (including phenoxy) is 1. The molecule has 4 rings (SSSR count). The van der Waals surface area contributed by atoms with E-state index >= 15 is 0 Å². The molecule has 0 radical (unpaired) electrons. The monoisotopic (exact) mass is 451 g/mol. The number of rotatable bonds is 9. The third kappa shape index (κ3) is 5.98. The normalized spacial score (nSPS) is 11.7. The molecule has 32 heavy (non-hydrogen) atoms. The smallest absolute Gasteiger partial charge is 0.197 e. The number of aliphatic hydroxyl groups excluding tert-OH is 1. The summed E-state index contributed by atoms with van der Waals surface area (Å²) in [7, 11) is 0. The lowest BCUT2D eigenvalue weighted by molar-refractivity contribution is 0.107. The molecule has 166 valence electrons. The van der Waals surface area contributed by atoms with Crippen molar-refractivity contribution in [3.8, 4) is 17.1 Å². The van der Waals surface area contributed by atoms with Crippen LogP contribution in [0.5, 0.6) is 5.75 Å². The van der Waals surface area contributed by atoms with E-state index in [1.165, 1.54) is 11.6 Å². The number of nitrogens with one attached hydrogen (secondary N) is 1. The number of aliphatic hydroxyl groups is 1. The zero-order chi connectivity index (χ0) is 21.5. The molecule has 1 heterocycles. The van der Waals surface area contributed by atoms with Gasteiger partial charge in [0.25, 0.3) is 0 Å². The lowest BCUT2D eigenvalue weighted by Crippen LogP contribution is -2.32. The minimum Gasteiger partial charge on any atom is -0.490 e. The predicted molar refractivity (Wildman–Crippen MR) is 130 cm³/mol. The number of hydrogen-bond acceptors (Lipinski definition) is 5. The van der Waals surface area contributed by atoms with Crippen LogP contribution in [0.2, 0.25) is 0 Å². The molecule has 1 unspecified atom stereocenters. The Bertz CT molecular complexity index is 1180. The van der Waals surface area contributed by atoms with Crippen LogP contribution in [0.25, 0.3) is 22.3 Å². The van der Waals surface area contributed by atoms with Gasteiger partial charge >= 0.3 is 0 Å². The number of benzene rings is 3. The van der Waals surface area contributed by atoms with Crippen molar-refractivity contribution in [1.29, 1.82) is 0 Å². The standard InChI is InChI=1S/C26H25NO4.ClH/c28-21(17-27-15-14-19-8-3-1-4-9-19)18-30-23-12-7-13-24-26(23)22(29)16-25(31-24)20-10-5-2-6-11-20;/h1-13,16,21,27-28H,14-15,17-18H2;1H. The minimum atomic E-state index is -0.693. The molecule has 6 heteroatoms. The molecule has 2 N–H and O–H groups in total. The highest BCUT2D eigenvalue weighted by Gasteiger charge is 2.13. The van der Waals surface area contributed by atoms with Gasteiger partial charge < -0.3 is 19.6 Å². The largest absolute Gasteiger partial charge is 0.490 e. The lowest BCUT2D eigenvalue weighted by atomic mass is 10.1. The summed E-state index contributed by atoms with van der Waals surface area (Å²) in [4.78, 5) is 12.8. The van der Waals surface area contributed by atoms with Gasteiger partial charge in [-0.3, -0.25) is 4.79 Å². The van der Waals surface area contributed by atoms with Crippen molar-refractivity contribution in [2.75, 3.05) is 19.7 Å². The van der Waals surface area contributed by atoms with Gasteiger partial charge in [0.2, 0.25) is 0 Å². The lowest BCUT2D eigenvalue weighted by Gasteiger charge is -2.14. The minimum absolute atomic E-state index is 0. The molecule has 0 spiro atoms. The van der Waals surface area contributed by atoms with Crippen molar-refractivity contribution in [3.63, 3.8) is 0 Å². The summed E-state index contributed by atoms with van der Waals surface area (Å²) in [6.07, 6.45) is 0.198. The Hall–Kier alpha value is -3.12. The number of halogens is 1. The van der Waals surface area contributed by atoms with Gasteiger partial charge in [0, 0.05) is 18.2 Å². The summed E-state index contributed by atoms with van der Waals surface area (Å²) in [6, 6.07) is 26.4. The average Bonchev–Trinajstić information content (AvgIpc) is 2.81. The van der Waals surface area contributed by atoms with Crippen molar-refractivity contribution >= 4 is 23.4 Å². The molecule has 1 atom stereocenters. The molecular formula is C26H26ClNO4. The first-order valence-corrected chi connectivity index (χ1v) is 10.4. The SMILES string of the molecule is Cl.O=c1cc(-c2ccccc2)oc2cccc(OCC(O)CNCCc3ccccc3)c12. The topological polar surface area (TPSA) is 71.7 Å². The first-order valence-electron chi connectivity index (χ1n) is 10.4. The Labute approximate surface area is 193 Å². The average molecular weight is 452 g/mol. The summed E-state index contributed by atoms with van der Waals surface area (Å²) in [5.41, 5.74) is 2.37. The van der Waals surface area contributed by atoms with E-state index in [-0.39, 0.29) is 24.4 Å². The van der Waals surface area contributed by atoms with E-state index in [0.717, 1.165) is 18.5 Å². The Morgan fingerprint density at radius 3 is 2.41 bits per heavy atom. The molecule has 0 aliphatic heterocycles. The van der Waals surface area contributed by atoms with Crippen LogP contribution in [0, 0.1) is 0 Å². The van der Waals surface area contributed by atoms with Gasteiger partial charge in [0.1, 0.15) is 35.2 Å². The second kappa shape index (κ2) is 11.5. The van der Waals surface area contributed by atoms with Crippen LogP contribution in [-0.2, 0) is 6.42 Å². The van der Waals surface area contributed by atoms with Crippen molar-refractivity contribution in [3.05, 3.63) is 101 Å². The molecule has 1 aromatic heterocycles. The molecule has 0 saturated heterocycles. The third-order valence-electron chi connectivity index (χ3n) is 5.02. The highest BCUT2D eigenvalue weighted by Crippen LogP contribution is 2.27. The maximum Gasteiger partial charge on any atom is 0.197 e. The van der Waals surface area contributed by atoms with E-state index in [0.29, 0.717) is 29.0 Å². The summed E-state index contributed by atoms with van der Waals surface area (Å²) < 4.78 is 11.7. The Morgan fingerprint density at radius 1 is 0.938 bits per heavy atom.